The van der Waals surface area contributed by atoms with E-state index >= 15 is 0 Å². The summed E-state index contributed by atoms with van der Waals surface area (Å²) < 4.78 is 35.5. The fraction of sp³-hybridized carbons (Fsp3) is 0.176. The van der Waals surface area contributed by atoms with Crippen molar-refractivity contribution < 1.29 is 27.8 Å². The average Bonchev–Trinajstić information content (AvgIpc) is 2.88. The molecule has 2 amide bonds. The molecule has 0 unspecified atom stereocenters. The van der Waals surface area contributed by atoms with Gasteiger partial charge in [0.15, 0.2) is 11.5 Å². The van der Waals surface area contributed by atoms with E-state index in [-0.39, 0.29) is 17.2 Å². The molecule has 1 aliphatic rings. The van der Waals surface area contributed by atoms with E-state index in [4.69, 9.17) is 0 Å². The number of halogens is 3. The zero-order valence-corrected chi connectivity index (χ0v) is 15.0. The van der Waals surface area contributed by atoms with Crippen molar-refractivity contribution in [3.8, 4) is 11.5 Å². The Kier molecular flexibility index (Phi) is 4.82. The van der Waals surface area contributed by atoms with Crippen LogP contribution in [-0.4, -0.2) is 24.2 Å². The van der Waals surface area contributed by atoms with Gasteiger partial charge in [0.05, 0.1) is 0 Å². The summed E-state index contributed by atoms with van der Waals surface area (Å²) in [5.74, 6) is -1.23. The van der Waals surface area contributed by atoms with E-state index in [1.165, 1.54) is 25.1 Å². The molecule has 0 aliphatic carbocycles. The lowest BCUT2D eigenvalue weighted by molar-refractivity contribution is -0.286. The van der Waals surface area contributed by atoms with Gasteiger partial charge in [0.1, 0.15) is 6.04 Å². The molecule has 0 aromatic heterocycles. The Hall–Kier alpha value is -2.68. The van der Waals surface area contributed by atoms with E-state index in [1.54, 1.807) is 24.3 Å². The summed E-state index contributed by atoms with van der Waals surface area (Å²) in [5.41, 5.74) is 0.637. The summed E-state index contributed by atoms with van der Waals surface area (Å²) in [6, 6.07) is 9.67. The Bertz CT molecular complexity index is 858. The molecule has 2 aromatic rings. The zero-order valence-electron chi connectivity index (χ0n) is 13.4. The average molecular weight is 427 g/mol. The molecule has 0 spiro atoms. The third kappa shape index (κ3) is 4.10. The summed E-state index contributed by atoms with van der Waals surface area (Å²) in [5, 5.41) is 5.08. The number of hydrogen-bond acceptors (Lipinski definition) is 4. The van der Waals surface area contributed by atoms with E-state index in [9.17, 15) is 18.4 Å². The molecule has 0 fully saturated rings. The molecule has 1 atom stereocenters. The van der Waals surface area contributed by atoms with Gasteiger partial charge in [-0.3, -0.25) is 9.59 Å². The first-order valence-electron chi connectivity index (χ1n) is 7.51. The van der Waals surface area contributed by atoms with Crippen molar-refractivity contribution in [3.05, 3.63) is 52.5 Å². The number of fused-ring (bicyclic) bond motifs is 1. The molecule has 0 bridgehead atoms. The Labute approximate surface area is 155 Å². The molecule has 0 saturated carbocycles. The first-order chi connectivity index (χ1) is 12.2. The first-order valence-corrected chi connectivity index (χ1v) is 8.30. The lowest BCUT2D eigenvalue weighted by Gasteiger charge is -2.14. The second-order valence-corrected chi connectivity index (χ2v) is 6.44. The molecular formula is C17H13BrF2N2O4. The van der Waals surface area contributed by atoms with Crippen molar-refractivity contribution >= 4 is 33.4 Å². The SMILES string of the molecule is C[C@@H](NC(=O)c1ccc(Br)cc1)C(=O)Nc1ccc2c(c1)OC(F)(F)O2. The largest absolute Gasteiger partial charge is 0.586 e. The van der Waals surface area contributed by atoms with E-state index in [0.29, 0.717) is 5.56 Å². The maximum absolute atomic E-state index is 13.0. The summed E-state index contributed by atoms with van der Waals surface area (Å²) in [4.78, 5) is 24.3. The molecule has 3 rings (SSSR count). The van der Waals surface area contributed by atoms with Crippen LogP contribution in [0.5, 0.6) is 11.5 Å². The quantitative estimate of drug-likeness (QED) is 0.783. The minimum atomic E-state index is -3.73. The molecule has 1 heterocycles. The van der Waals surface area contributed by atoms with Crippen molar-refractivity contribution in [1.29, 1.82) is 0 Å². The van der Waals surface area contributed by atoms with E-state index in [2.05, 4.69) is 36.0 Å². The lowest BCUT2D eigenvalue weighted by Crippen LogP contribution is -2.41. The van der Waals surface area contributed by atoms with Crippen molar-refractivity contribution in [3.63, 3.8) is 0 Å². The first kappa shape index (κ1) is 18.1. The van der Waals surface area contributed by atoms with Crippen molar-refractivity contribution in [2.45, 2.75) is 19.3 Å². The smallest absolute Gasteiger partial charge is 0.395 e. The molecule has 9 heteroatoms. The minimum absolute atomic E-state index is 0.121. The summed E-state index contributed by atoms with van der Waals surface area (Å²) in [6.07, 6.45) is -3.73. The van der Waals surface area contributed by atoms with Crippen molar-refractivity contribution in [1.82, 2.24) is 5.32 Å². The van der Waals surface area contributed by atoms with Crippen LogP contribution in [0.2, 0.25) is 0 Å². The van der Waals surface area contributed by atoms with Gasteiger partial charge in [-0.25, -0.2) is 0 Å². The Morgan fingerprint density at radius 2 is 1.73 bits per heavy atom. The van der Waals surface area contributed by atoms with Crippen molar-refractivity contribution in [2.24, 2.45) is 0 Å². The third-order valence-corrected chi connectivity index (χ3v) is 4.04. The molecule has 0 radical (unpaired) electrons. The monoisotopic (exact) mass is 426 g/mol. The molecule has 6 nitrogen and oxygen atoms in total. The zero-order chi connectivity index (χ0) is 18.9. The van der Waals surface area contributed by atoms with Gasteiger partial charge in [0.2, 0.25) is 5.91 Å². The van der Waals surface area contributed by atoms with Gasteiger partial charge in [-0.1, -0.05) is 15.9 Å². The molecule has 136 valence electrons. The Morgan fingerprint density at radius 3 is 2.42 bits per heavy atom. The second-order valence-electron chi connectivity index (χ2n) is 5.52. The number of carbonyl (C=O) groups excluding carboxylic acids is 2. The highest BCUT2D eigenvalue weighted by Crippen LogP contribution is 2.42. The van der Waals surface area contributed by atoms with Crippen LogP contribution in [0.4, 0.5) is 14.5 Å². The van der Waals surface area contributed by atoms with Gasteiger partial charge in [-0.15, -0.1) is 8.78 Å². The highest BCUT2D eigenvalue weighted by atomic mass is 79.9. The van der Waals surface area contributed by atoms with Crippen molar-refractivity contribution in [2.75, 3.05) is 5.32 Å². The van der Waals surface area contributed by atoms with Crippen LogP contribution in [0, 0.1) is 0 Å². The standard InChI is InChI=1S/C17H13BrF2N2O4/c1-9(21-16(24)10-2-4-11(18)5-3-10)15(23)22-12-6-7-13-14(8-12)26-17(19,20)25-13/h2-9H,1H3,(H,21,24)(H,22,23)/t9-/m1/s1. The van der Waals surface area contributed by atoms with Gasteiger partial charge in [-0.2, -0.15) is 0 Å². The van der Waals surface area contributed by atoms with Crippen LogP contribution in [0.1, 0.15) is 17.3 Å². The van der Waals surface area contributed by atoms with E-state index < -0.39 is 24.2 Å². The summed E-state index contributed by atoms with van der Waals surface area (Å²) >= 11 is 3.27. The van der Waals surface area contributed by atoms with Crippen LogP contribution < -0.4 is 20.1 Å². The number of amides is 2. The highest BCUT2D eigenvalue weighted by molar-refractivity contribution is 9.10. The number of ether oxygens (including phenoxy) is 2. The molecular weight excluding hydrogens is 414 g/mol. The minimum Gasteiger partial charge on any atom is -0.395 e. The Balaban J connectivity index is 1.61. The van der Waals surface area contributed by atoms with Gasteiger partial charge >= 0.3 is 6.29 Å². The third-order valence-electron chi connectivity index (χ3n) is 3.52. The number of nitrogens with one attached hydrogen (secondary N) is 2. The molecule has 1 aliphatic heterocycles. The van der Waals surface area contributed by atoms with Gasteiger partial charge in [0, 0.05) is 21.8 Å². The van der Waals surface area contributed by atoms with Crippen LogP contribution in [-0.2, 0) is 4.79 Å². The number of alkyl halides is 2. The molecule has 2 N–H and O–H groups in total. The highest BCUT2D eigenvalue weighted by Gasteiger charge is 2.43. The fourth-order valence-electron chi connectivity index (χ4n) is 2.22. The number of hydrogen-bond donors (Lipinski definition) is 2. The molecule has 2 aromatic carbocycles. The van der Waals surface area contributed by atoms with Gasteiger partial charge < -0.3 is 20.1 Å². The van der Waals surface area contributed by atoms with Crippen LogP contribution >= 0.6 is 15.9 Å². The fourth-order valence-corrected chi connectivity index (χ4v) is 2.49. The topological polar surface area (TPSA) is 76.7 Å². The number of anilines is 1. The molecule has 0 saturated heterocycles. The number of rotatable bonds is 4. The predicted molar refractivity (Wildman–Crippen MR) is 92.3 cm³/mol. The van der Waals surface area contributed by atoms with Crippen LogP contribution in [0.3, 0.4) is 0 Å². The van der Waals surface area contributed by atoms with E-state index in [0.717, 1.165) is 4.47 Å². The van der Waals surface area contributed by atoms with E-state index in [1.807, 2.05) is 0 Å². The number of benzene rings is 2. The Morgan fingerprint density at radius 1 is 1.08 bits per heavy atom. The van der Waals surface area contributed by atoms with Gasteiger partial charge in [-0.05, 0) is 43.3 Å². The van der Waals surface area contributed by atoms with Crippen LogP contribution in [0.15, 0.2) is 46.9 Å². The predicted octanol–water partition coefficient (Wildman–Crippen LogP) is 3.53. The maximum atomic E-state index is 13.0. The summed E-state index contributed by atoms with van der Waals surface area (Å²) in [7, 11) is 0. The number of carbonyl (C=O) groups is 2. The second kappa shape index (κ2) is 6.91. The maximum Gasteiger partial charge on any atom is 0.586 e. The molecule has 26 heavy (non-hydrogen) atoms. The van der Waals surface area contributed by atoms with Gasteiger partial charge in [0.25, 0.3) is 5.91 Å². The van der Waals surface area contributed by atoms with Crippen LogP contribution in [0.25, 0.3) is 0 Å². The normalized spacial score (nSPS) is 15.2. The summed E-state index contributed by atoms with van der Waals surface area (Å²) in [6.45, 7) is 1.51. The lowest BCUT2D eigenvalue weighted by atomic mass is 10.2.